The predicted molar refractivity (Wildman–Crippen MR) is 136 cm³/mol. The molecule has 4 nitrogen and oxygen atoms in total. The Morgan fingerprint density at radius 2 is 1.66 bits per heavy atom. The van der Waals surface area contributed by atoms with Crippen LogP contribution in [0.4, 0.5) is 10.1 Å². The largest absolute Gasteiger partial charge is 0.507 e. The monoisotopic (exact) mass is 485 g/mol. The van der Waals surface area contributed by atoms with E-state index in [1.165, 1.54) is 17.0 Å². The van der Waals surface area contributed by atoms with Crippen molar-refractivity contribution in [1.82, 2.24) is 0 Å². The van der Waals surface area contributed by atoms with Gasteiger partial charge in [0.15, 0.2) is 0 Å². The fourth-order valence-electron chi connectivity index (χ4n) is 4.48. The number of aryl methyl sites for hydroxylation is 1. The topological polar surface area (TPSA) is 57.6 Å². The van der Waals surface area contributed by atoms with Crippen molar-refractivity contribution >= 4 is 45.5 Å². The van der Waals surface area contributed by atoms with Gasteiger partial charge in [-0.1, -0.05) is 79.2 Å². The van der Waals surface area contributed by atoms with Crippen LogP contribution in [0, 0.1) is 5.82 Å². The average molecular weight is 486 g/mol. The van der Waals surface area contributed by atoms with Crippen LogP contribution in [0.15, 0.2) is 90.5 Å². The van der Waals surface area contributed by atoms with Crippen LogP contribution in [-0.2, 0) is 16.0 Å². The van der Waals surface area contributed by atoms with Crippen molar-refractivity contribution in [3.05, 3.63) is 118 Å². The number of aliphatic hydroxyl groups is 1. The minimum Gasteiger partial charge on any atom is -0.507 e. The van der Waals surface area contributed by atoms with Crippen molar-refractivity contribution in [3.63, 3.8) is 0 Å². The summed E-state index contributed by atoms with van der Waals surface area (Å²) < 4.78 is 13.9. The Bertz CT molecular complexity index is 1510. The number of halogens is 2. The quantitative estimate of drug-likeness (QED) is 0.196. The van der Waals surface area contributed by atoms with E-state index < -0.39 is 23.5 Å². The maximum Gasteiger partial charge on any atom is 0.300 e. The summed E-state index contributed by atoms with van der Waals surface area (Å²) in [6.45, 7) is 2.03. The summed E-state index contributed by atoms with van der Waals surface area (Å²) in [6.07, 6.45) is 0.825. The molecule has 0 bridgehead atoms. The van der Waals surface area contributed by atoms with Gasteiger partial charge in [0.2, 0.25) is 0 Å². The molecule has 1 saturated heterocycles. The predicted octanol–water partition coefficient (Wildman–Crippen LogP) is 6.82. The molecule has 1 atom stereocenters. The molecule has 4 aromatic carbocycles. The molecule has 4 aromatic rings. The Kier molecular flexibility index (Phi) is 5.87. The molecule has 1 N–H and O–H groups in total. The molecule has 0 spiro atoms. The zero-order valence-corrected chi connectivity index (χ0v) is 19.6. The van der Waals surface area contributed by atoms with E-state index in [0.29, 0.717) is 11.1 Å². The Balaban J connectivity index is 1.72. The smallest absolute Gasteiger partial charge is 0.300 e. The van der Waals surface area contributed by atoms with E-state index in [1.54, 1.807) is 12.1 Å². The lowest BCUT2D eigenvalue weighted by atomic mass is 9.93. The van der Waals surface area contributed by atoms with Crippen LogP contribution in [0.1, 0.15) is 29.7 Å². The minimum atomic E-state index is -0.908. The summed E-state index contributed by atoms with van der Waals surface area (Å²) in [5.74, 6) is -2.54. The number of carbonyl (C=O) groups is 2. The van der Waals surface area contributed by atoms with E-state index in [-0.39, 0.29) is 22.0 Å². The molecule has 6 heteroatoms. The second-order valence-electron chi connectivity index (χ2n) is 8.42. The highest BCUT2D eigenvalue weighted by molar-refractivity contribution is 6.51. The first-order valence-electron chi connectivity index (χ1n) is 11.2. The van der Waals surface area contributed by atoms with Gasteiger partial charge in [-0.2, -0.15) is 0 Å². The molecule has 1 aliphatic rings. The molecule has 0 aromatic heterocycles. The first-order chi connectivity index (χ1) is 16.9. The highest BCUT2D eigenvalue weighted by atomic mass is 35.5. The Morgan fingerprint density at radius 1 is 0.943 bits per heavy atom. The van der Waals surface area contributed by atoms with Gasteiger partial charge in [0, 0.05) is 11.3 Å². The standard InChI is InChI=1S/C29H21ClFNO3/c1-2-17-7-9-19(10-8-17)26-25(27(33)21-12-11-18-5-3-4-6-20(18)15-21)28(34)29(35)32(26)22-13-14-24(31)23(30)16-22/h3-16,26,33H,2H2,1H3/b27-25-. The molecule has 1 heterocycles. The van der Waals surface area contributed by atoms with Crippen molar-refractivity contribution in [2.45, 2.75) is 19.4 Å². The lowest BCUT2D eigenvalue weighted by Crippen LogP contribution is -2.29. The number of hydrogen-bond donors (Lipinski definition) is 1. The van der Waals surface area contributed by atoms with Crippen LogP contribution < -0.4 is 4.90 Å². The van der Waals surface area contributed by atoms with E-state index in [1.807, 2.05) is 61.5 Å². The third-order valence-electron chi connectivity index (χ3n) is 6.35. The van der Waals surface area contributed by atoms with E-state index in [9.17, 15) is 19.1 Å². The summed E-state index contributed by atoms with van der Waals surface area (Å²) in [7, 11) is 0. The third kappa shape index (κ3) is 3.98. The summed E-state index contributed by atoms with van der Waals surface area (Å²) in [5.41, 5.74) is 2.39. The molecule has 1 amide bonds. The van der Waals surface area contributed by atoms with E-state index in [2.05, 4.69) is 0 Å². The summed E-state index contributed by atoms with van der Waals surface area (Å²) in [5, 5.41) is 13.1. The Morgan fingerprint density at radius 3 is 2.34 bits per heavy atom. The number of fused-ring (bicyclic) bond motifs is 1. The number of rotatable bonds is 4. The molecule has 35 heavy (non-hydrogen) atoms. The van der Waals surface area contributed by atoms with Gasteiger partial charge in [0.25, 0.3) is 11.7 Å². The molecule has 5 rings (SSSR count). The normalized spacial score (nSPS) is 17.3. The number of carbonyl (C=O) groups excluding carboxylic acids is 2. The lowest BCUT2D eigenvalue weighted by molar-refractivity contribution is -0.132. The lowest BCUT2D eigenvalue weighted by Gasteiger charge is -2.26. The van der Waals surface area contributed by atoms with Crippen LogP contribution in [0.3, 0.4) is 0 Å². The molecule has 1 aliphatic heterocycles. The highest BCUT2D eigenvalue weighted by Gasteiger charge is 2.47. The number of benzene rings is 4. The first-order valence-corrected chi connectivity index (χ1v) is 11.6. The summed E-state index contributed by atoms with van der Waals surface area (Å²) in [4.78, 5) is 27.8. The second-order valence-corrected chi connectivity index (χ2v) is 8.83. The summed E-state index contributed by atoms with van der Waals surface area (Å²) in [6, 6.07) is 23.5. The van der Waals surface area contributed by atoms with E-state index in [0.717, 1.165) is 28.8 Å². The fourth-order valence-corrected chi connectivity index (χ4v) is 4.65. The van der Waals surface area contributed by atoms with Crippen LogP contribution in [0.2, 0.25) is 5.02 Å². The van der Waals surface area contributed by atoms with Crippen molar-refractivity contribution in [3.8, 4) is 0 Å². The van der Waals surface area contributed by atoms with E-state index in [4.69, 9.17) is 11.6 Å². The number of hydrogen-bond acceptors (Lipinski definition) is 3. The molecular weight excluding hydrogens is 465 g/mol. The Hall–Kier alpha value is -3.96. The van der Waals surface area contributed by atoms with Gasteiger partial charge in [0.05, 0.1) is 16.6 Å². The van der Waals surface area contributed by atoms with Crippen molar-refractivity contribution in [1.29, 1.82) is 0 Å². The minimum absolute atomic E-state index is 0.0324. The maximum atomic E-state index is 13.9. The van der Waals surface area contributed by atoms with Crippen molar-refractivity contribution in [2.24, 2.45) is 0 Å². The van der Waals surface area contributed by atoms with Gasteiger partial charge in [0.1, 0.15) is 11.6 Å². The fraction of sp³-hybridized carbons (Fsp3) is 0.103. The van der Waals surface area contributed by atoms with Crippen molar-refractivity contribution in [2.75, 3.05) is 4.90 Å². The van der Waals surface area contributed by atoms with Crippen LogP contribution >= 0.6 is 11.6 Å². The number of nitrogens with zero attached hydrogens (tertiary/aromatic N) is 1. The highest BCUT2D eigenvalue weighted by Crippen LogP contribution is 2.43. The maximum absolute atomic E-state index is 13.9. The Labute approximate surface area is 206 Å². The van der Waals surface area contributed by atoms with Gasteiger partial charge in [-0.3, -0.25) is 14.5 Å². The second kappa shape index (κ2) is 9.01. The van der Waals surface area contributed by atoms with Crippen LogP contribution in [0.25, 0.3) is 16.5 Å². The van der Waals surface area contributed by atoms with Gasteiger partial charge >= 0.3 is 0 Å². The van der Waals surface area contributed by atoms with Crippen LogP contribution in [0.5, 0.6) is 0 Å². The molecule has 0 aliphatic carbocycles. The molecule has 0 saturated carbocycles. The number of anilines is 1. The van der Waals surface area contributed by atoms with Gasteiger partial charge in [-0.05, 0) is 52.6 Å². The molecule has 0 radical (unpaired) electrons. The average Bonchev–Trinajstić information content (AvgIpc) is 3.15. The number of amides is 1. The SMILES string of the molecule is CCc1ccc(C2/C(=C(/O)c3ccc4ccccc4c3)C(=O)C(=O)N2c2ccc(F)c(Cl)c2)cc1. The van der Waals surface area contributed by atoms with E-state index >= 15 is 0 Å². The molecular formula is C29H21ClFNO3. The van der Waals surface area contributed by atoms with Gasteiger partial charge in [-0.15, -0.1) is 0 Å². The van der Waals surface area contributed by atoms with Crippen LogP contribution in [-0.4, -0.2) is 16.8 Å². The zero-order valence-electron chi connectivity index (χ0n) is 18.8. The van der Waals surface area contributed by atoms with Crippen molar-refractivity contribution < 1.29 is 19.1 Å². The molecule has 1 unspecified atom stereocenters. The number of Topliss-reactive ketones (excluding diaryl/α,β-unsaturated/α-hetero) is 1. The molecule has 174 valence electrons. The van der Waals surface area contributed by atoms with Gasteiger partial charge in [-0.25, -0.2) is 4.39 Å². The third-order valence-corrected chi connectivity index (χ3v) is 6.64. The first kappa shape index (κ1) is 22.8. The summed E-state index contributed by atoms with van der Waals surface area (Å²) >= 11 is 6.00. The zero-order chi connectivity index (χ0) is 24.7. The molecule has 1 fully saturated rings. The number of aliphatic hydroxyl groups excluding tert-OH is 1. The number of ketones is 1. The van der Waals surface area contributed by atoms with Gasteiger partial charge < -0.3 is 5.11 Å².